The molecular weight excluding hydrogens is 335 g/mol. The summed E-state index contributed by atoms with van der Waals surface area (Å²) in [7, 11) is -4.14. The first-order chi connectivity index (χ1) is 12.1. The molecule has 0 aliphatic rings. The highest BCUT2D eigenvalue weighted by molar-refractivity contribution is 7.73. The largest absolute Gasteiger partial charge is 0.503 e. The van der Waals surface area contributed by atoms with E-state index in [0.29, 0.717) is 22.6 Å². The van der Waals surface area contributed by atoms with Crippen LogP contribution in [0.3, 0.4) is 0 Å². The summed E-state index contributed by atoms with van der Waals surface area (Å²) in [6, 6.07) is 24.0. The van der Waals surface area contributed by atoms with Crippen molar-refractivity contribution in [3.05, 3.63) is 96.1 Å². The molecule has 0 saturated heterocycles. The van der Waals surface area contributed by atoms with E-state index in [4.69, 9.17) is 9.05 Å². The van der Waals surface area contributed by atoms with Gasteiger partial charge in [-0.2, -0.15) is 0 Å². The van der Waals surface area contributed by atoms with Gasteiger partial charge in [-0.05, 0) is 36.8 Å². The average molecular weight is 352 g/mol. The number of hydrogen-bond donors (Lipinski definition) is 0. The van der Waals surface area contributed by atoms with Crippen molar-refractivity contribution >= 4 is 13.1 Å². The minimum Gasteiger partial charge on any atom is -0.411 e. The molecule has 0 saturated carbocycles. The fourth-order valence-electron chi connectivity index (χ4n) is 2.30. The van der Waals surface area contributed by atoms with Gasteiger partial charge in [-0.1, -0.05) is 60.7 Å². The van der Waals surface area contributed by atoms with Gasteiger partial charge in [0.1, 0.15) is 11.5 Å². The Hall–Kier alpha value is -2.84. The van der Waals surface area contributed by atoms with Crippen molar-refractivity contribution in [2.24, 2.45) is 0 Å². The third-order valence-electron chi connectivity index (χ3n) is 3.56. The maximum atomic E-state index is 13.4. The monoisotopic (exact) mass is 352 g/mol. The van der Waals surface area contributed by atoms with Crippen LogP contribution in [0.15, 0.2) is 84.9 Å². The number of rotatable bonds is 6. The van der Waals surface area contributed by atoms with Crippen LogP contribution in [0.25, 0.3) is 0 Å². The first-order valence-corrected chi connectivity index (χ1v) is 9.33. The molecule has 3 aromatic carbocycles. The van der Waals surface area contributed by atoms with Gasteiger partial charge in [-0.15, -0.1) is 0 Å². The summed E-state index contributed by atoms with van der Waals surface area (Å²) in [6.45, 7) is 1.78. The smallest absolute Gasteiger partial charge is 0.411 e. The third-order valence-corrected chi connectivity index (χ3v) is 5.20. The first-order valence-electron chi connectivity index (χ1n) is 7.78. The Bertz CT molecular complexity index is 862. The van der Waals surface area contributed by atoms with Crippen molar-refractivity contribution in [2.45, 2.75) is 6.92 Å². The molecule has 3 aromatic rings. The highest BCUT2D eigenvalue weighted by Crippen LogP contribution is 2.51. The van der Waals surface area contributed by atoms with Crippen LogP contribution < -0.4 is 9.05 Å². The van der Waals surface area contributed by atoms with E-state index in [0.717, 1.165) is 0 Å². The number of aryl methyl sites for hydroxylation is 1. The van der Waals surface area contributed by atoms with Gasteiger partial charge in [-0.25, -0.2) is 4.57 Å². The molecule has 25 heavy (non-hydrogen) atoms. The molecule has 0 amide bonds. The van der Waals surface area contributed by atoms with Gasteiger partial charge in [0, 0.05) is 5.56 Å². The zero-order chi connectivity index (χ0) is 17.7. The van der Waals surface area contributed by atoms with E-state index in [9.17, 15) is 9.36 Å². The summed E-state index contributed by atoms with van der Waals surface area (Å²) in [5.41, 5.74) is 0.358. The SMILES string of the molecule is Cc1ccccc1C(=O)P(=O)(Oc1ccccc1)Oc1ccccc1. The number of benzene rings is 3. The summed E-state index contributed by atoms with van der Waals surface area (Å²) >= 11 is 0. The molecule has 5 heteroatoms. The highest BCUT2D eigenvalue weighted by atomic mass is 31.2. The molecule has 0 aliphatic carbocycles. The van der Waals surface area contributed by atoms with E-state index >= 15 is 0 Å². The lowest BCUT2D eigenvalue weighted by Gasteiger charge is -2.19. The first kappa shape index (κ1) is 17.0. The summed E-state index contributed by atoms with van der Waals surface area (Å²) < 4.78 is 24.5. The lowest BCUT2D eigenvalue weighted by molar-refractivity contribution is 0.104. The summed E-state index contributed by atoms with van der Waals surface area (Å²) in [4.78, 5) is 13.0. The predicted molar refractivity (Wildman–Crippen MR) is 97.3 cm³/mol. The van der Waals surface area contributed by atoms with Gasteiger partial charge >= 0.3 is 7.60 Å². The lowest BCUT2D eigenvalue weighted by atomic mass is 10.1. The fraction of sp³-hybridized carbons (Fsp3) is 0.0500. The van der Waals surface area contributed by atoms with Crippen LogP contribution in [-0.2, 0) is 4.57 Å². The molecule has 0 radical (unpaired) electrons. The van der Waals surface area contributed by atoms with Crippen molar-refractivity contribution in [1.82, 2.24) is 0 Å². The topological polar surface area (TPSA) is 52.6 Å². The van der Waals surface area contributed by atoms with Crippen LogP contribution in [0.5, 0.6) is 11.5 Å². The summed E-state index contributed by atoms with van der Waals surface area (Å²) in [5.74, 6) is 0.618. The van der Waals surface area contributed by atoms with Gasteiger partial charge in [0.15, 0.2) is 0 Å². The molecule has 4 nitrogen and oxygen atoms in total. The Kier molecular flexibility index (Phi) is 5.01. The zero-order valence-electron chi connectivity index (χ0n) is 13.7. The molecule has 0 unspecified atom stereocenters. The van der Waals surface area contributed by atoms with E-state index in [1.165, 1.54) is 0 Å². The second-order valence-corrected chi connectivity index (χ2v) is 7.19. The van der Waals surface area contributed by atoms with Crippen LogP contribution in [0.2, 0.25) is 0 Å². The standard InChI is InChI=1S/C20H17O4P/c1-16-10-8-9-15-19(16)20(21)25(22,23-17-11-4-2-5-12-17)24-18-13-6-3-7-14-18/h2-15H,1H3. The molecule has 0 spiro atoms. The van der Waals surface area contributed by atoms with Crippen molar-refractivity contribution in [3.8, 4) is 11.5 Å². The predicted octanol–water partition coefficient (Wildman–Crippen LogP) is 5.49. The molecule has 0 fully saturated rings. The maximum Gasteiger partial charge on any atom is 0.503 e. The molecule has 0 heterocycles. The van der Waals surface area contributed by atoms with Gasteiger partial charge < -0.3 is 9.05 Å². The number of hydrogen-bond acceptors (Lipinski definition) is 4. The van der Waals surface area contributed by atoms with Crippen molar-refractivity contribution < 1.29 is 18.4 Å². The highest BCUT2D eigenvalue weighted by Gasteiger charge is 2.40. The van der Waals surface area contributed by atoms with Gasteiger partial charge in [-0.3, -0.25) is 4.79 Å². The van der Waals surface area contributed by atoms with Gasteiger partial charge in [0.2, 0.25) is 0 Å². The molecule has 0 atom stereocenters. The molecule has 0 aromatic heterocycles. The van der Waals surface area contributed by atoms with Crippen LogP contribution in [0.1, 0.15) is 15.9 Å². The Balaban J connectivity index is 2.00. The fourth-order valence-corrected chi connectivity index (χ4v) is 3.85. The van der Waals surface area contributed by atoms with Crippen LogP contribution in [0, 0.1) is 6.92 Å². The Morgan fingerprint density at radius 3 is 1.64 bits per heavy atom. The quantitative estimate of drug-likeness (QED) is 0.551. The van der Waals surface area contributed by atoms with Crippen LogP contribution in [0.4, 0.5) is 0 Å². The van der Waals surface area contributed by atoms with E-state index in [-0.39, 0.29) is 0 Å². The van der Waals surface area contributed by atoms with Gasteiger partial charge in [0.05, 0.1) is 0 Å². The van der Waals surface area contributed by atoms with Gasteiger partial charge in [0.25, 0.3) is 5.52 Å². The van der Waals surface area contributed by atoms with Crippen LogP contribution >= 0.6 is 7.60 Å². The number of carbonyl (C=O) groups excluding carboxylic acids is 1. The summed E-state index contributed by atoms with van der Waals surface area (Å²) in [6.07, 6.45) is 0. The lowest BCUT2D eigenvalue weighted by Crippen LogP contribution is -2.13. The number of para-hydroxylation sites is 2. The number of carbonyl (C=O) groups is 1. The van der Waals surface area contributed by atoms with Crippen molar-refractivity contribution in [1.29, 1.82) is 0 Å². The van der Waals surface area contributed by atoms with Crippen LogP contribution in [-0.4, -0.2) is 5.52 Å². The molecular formula is C20H17O4P. The normalized spacial score (nSPS) is 10.9. The molecule has 126 valence electrons. The Morgan fingerprint density at radius 2 is 1.16 bits per heavy atom. The maximum absolute atomic E-state index is 13.4. The second-order valence-electron chi connectivity index (χ2n) is 5.43. The molecule has 3 rings (SSSR count). The van der Waals surface area contributed by atoms with Crippen molar-refractivity contribution in [3.63, 3.8) is 0 Å². The minimum absolute atomic E-state index is 0.309. The van der Waals surface area contributed by atoms with E-state index in [1.807, 2.05) is 6.07 Å². The van der Waals surface area contributed by atoms with Crippen molar-refractivity contribution in [2.75, 3.05) is 0 Å². The van der Waals surface area contributed by atoms with E-state index in [1.54, 1.807) is 85.8 Å². The van der Waals surface area contributed by atoms with E-state index in [2.05, 4.69) is 0 Å². The second kappa shape index (κ2) is 7.37. The summed E-state index contributed by atoms with van der Waals surface area (Å²) in [5, 5.41) is 0. The zero-order valence-corrected chi connectivity index (χ0v) is 14.6. The Morgan fingerprint density at radius 1 is 0.720 bits per heavy atom. The van der Waals surface area contributed by atoms with E-state index < -0.39 is 13.1 Å². The Labute approximate surface area is 146 Å². The minimum atomic E-state index is -4.14. The molecule has 0 N–H and O–H groups in total. The molecule has 0 aliphatic heterocycles. The average Bonchev–Trinajstić information content (AvgIpc) is 2.63. The third kappa shape index (κ3) is 3.98. The molecule has 0 bridgehead atoms.